The summed E-state index contributed by atoms with van der Waals surface area (Å²) in [6, 6.07) is 1.37. The van der Waals surface area contributed by atoms with E-state index in [2.05, 4.69) is 15.9 Å². The first-order valence-corrected chi connectivity index (χ1v) is 6.52. The maximum absolute atomic E-state index is 13.7. The summed E-state index contributed by atoms with van der Waals surface area (Å²) in [5, 5.41) is 0. The Morgan fingerprint density at radius 1 is 1.42 bits per heavy atom. The fourth-order valence-electron chi connectivity index (χ4n) is 1.55. The molecule has 0 unspecified atom stereocenters. The second kappa shape index (κ2) is 5.96. The van der Waals surface area contributed by atoms with Crippen molar-refractivity contribution < 1.29 is 18.3 Å². The zero-order chi connectivity index (χ0) is 14.8. The lowest BCUT2D eigenvalue weighted by atomic mass is 10.0. The van der Waals surface area contributed by atoms with Crippen LogP contribution in [0.15, 0.2) is 16.6 Å². The second-order valence-electron chi connectivity index (χ2n) is 5.15. The molecule has 0 aliphatic heterocycles. The molecule has 0 radical (unpaired) electrons. The lowest BCUT2D eigenvalue weighted by molar-refractivity contribution is -0.155. The Kier molecular flexibility index (Phi) is 5.04. The standard InChI is InChI=1S/C13H16BrF2NO2/c1-13(2,3)19-10(18)6-9(17)11-7(14)4-5-8(15)12(11)16/h4-5,9H,6,17H2,1-3H3/t9-/m1/s1. The second-order valence-corrected chi connectivity index (χ2v) is 6.01. The predicted molar refractivity (Wildman–Crippen MR) is 71.4 cm³/mol. The first kappa shape index (κ1) is 16.0. The van der Waals surface area contributed by atoms with Gasteiger partial charge in [0.2, 0.25) is 0 Å². The topological polar surface area (TPSA) is 52.3 Å². The molecule has 6 heteroatoms. The summed E-state index contributed by atoms with van der Waals surface area (Å²) in [6.45, 7) is 5.15. The SMILES string of the molecule is CC(C)(C)OC(=O)C[C@@H](N)c1c(Br)ccc(F)c1F. The summed E-state index contributed by atoms with van der Waals surface area (Å²) in [6.07, 6.45) is -0.226. The minimum atomic E-state index is -1.05. The highest BCUT2D eigenvalue weighted by atomic mass is 79.9. The number of hydrogen-bond acceptors (Lipinski definition) is 3. The molecule has 0 heterocycles. The van der Waals surface area contributed by atoms with E-state index in [1.54, 1.807) is 20.8 Å². The Morgan fingerprint density at radius 2 is 2.00 bits per heavy atom. The molecule has 1 aromatic rings. The molecule has 0 aromatic heterocycles. The van der Waals surface area contributed by atoms with Gasteiger partial charge in [-0.25, -0.2) is 8.78 Å². The molecule has 0 fully saturated rings. The summed E-state index contributed by atoms with van der Waals surface area (Å²) < 4.78 is 32.2. The van der Waals surface area contributed by atoms with Gasteiger partial charge < -0.3 is 10.5 Å². The van der Waals surface area contributed by atoms with Crippen LogP contribution in [0.3, 0.4) is 0 Å². The van der Waals surface area contributed by atoms with Crippen LogP contribution in [0.4, 0.5) is 8.78 Å². The van der Waals surface area contributed by atoms with Crippen molar-refractivity contribution in [3.8, 4) is 0 Å². The van der Waals surface area contributed by atoms with Gasteiger partial charge in [-0.2, -0.15) is 0 Å². The molecule has 0 bridgehead atoms. The van der Waals surface area contributed by atoms with Gasteiger partial charge >= 0.3 is 5.97 Å². The number of hydrogen-bond donors (Lipinski definition) is 1. The molecule has 0 saturated carbocycles. The van der Waals surface area contributed by atoms with E-state index < -0.39 is 29.2 Å². The third-order valence-electron chi connectivity index (χ3n) is 2.26. The maximum Gasteiger partial charge on any atom is 0.308 e. The number of benzene rings is 1. The quantitative estimate of drug-likeness (QED) is 0.679. The summed E-state index contributed by atoms with van der Waals surface area (Å²) >= 11 is 3.09. The summed E-state index contributed by atoms with van der Waals surface area (Å²) in [5.74, 6) is -2.61. The molecule has 0 amide bonds. The summed E-state index contributed by atoms with van der Waals surface area (Å²) in [5.41, 5.74) is 5.04. The minimum absolute atomic E-state index is 0.0640. The van der Waals surface area contributed by atoms with E-state index in [9.17, 15) is 13.6 Å². The molecule has 1 rings (SSSR count). The predicted octanol–water partition coefficient (Wildman–Crippen LogP) is 3.46. The Morgan fingerprint density at radius 3 is 2.53 bits per heavy atom. The van der Waals surface area contributed by atoms with Gasteiger partial charge in [-0.05, 0) is 32.9 Å². The van der Waals surface area contributed by atoms with Crippen LogP contribution < -0.4 is 5.73 Å². The third-order valence-corrected chi connectivity index (χ3v) is 2.95. The highest BCUT2D eigenvalue weighted by molar-refractivity contribution is 9.10. The molecular formula is C13H16BrF2NO2. The molecule has 0 spiro atoms. The molecule has 0 aliphatic carbocycles. The number of nitrogens with two attached hydrogens (primary N) is 1. The summed E-state index contributed by atoms with van der Waals surface area (Å²) in [4.78, 5) is 11.6. The van der Waals surface area contributed by atoms with Gasteiger partial charge in [-0.3, -0.25) is 4.79 Å². The normalized spacial score (nSPS) is 13.2. The zero-order valence-corrected chi connectivity index (χ0v) is 12.6. The number of carbonyl (C=O) groups excluding carboxylic acids is 1. The van der Waals surface area contributed by atoms with Crippen molar-refractivity contribution in [2.75, 3.05) is 0 Å². The van der Waals surface area contributed by atoms with Crippen molar-refractivity contribution in [2.45, 2.75) is 38.8 Å². The third kappa shape index (κ3) is 4.54. The van der Waals surface area contributed by atoms with Crippen LogP contribution in [-0.2, 0) is 9.53 Å². The van der Waals surface area contributed by atoms with Gasteiger partial charge in [0.05, 0.1) is 6.42 Å². The van der Waals surface area contributed by atoms with Crippen LogP contribution >= 0.6 is 15.9 Å². The van der Waals surface area contributed by atoms with E-state index in [0.717, 1.165) is 6.07 Å². The van der Waals surface area contributed by atoms with Crippen LogP contribution in [0.5, 0.6) is 0 Å². The van der Waals surface area contributed by atoms with Gasteiger partial charge in [0.25, 0.3) is 0 Å². The largest absolute Gasteiger partial charge is 0.460 e. The maximum atomic E-state index is 13.7. The molecule has 1 atom stereocenters. The first-order valence-electron chi connectivity index (χ1n) is 5.72. The van der Waals surface area contributed by atoms with E-state index in [4.69, 9.17) is 10.5 Å². The number of ether oxygens (including phenoxy) is 1. The van der Waals surface area contributed by atoms with Gasteiger partial charge in [0.1, 0.15) is 5.60 Å². The van der Waals surface area contributed by atoms with Crippen molar-refractivity contribution >= 4 is 21.9 Å². The first-order chi connectivity index (χ1) is 8.61. The monoisotopic (exact) mass is 335 g/mol. The van der Waals surface area contributed by atoms with E-state index in [1.165, 1.54) is 6.07 Å². The van der Waals surface area contributed by atoms with Crippen LogP contribution in [0.2, 0.25) is 0 Å². The lowest BCUT2D eigenvalue weighted by Gasteiger charge is -2.21. The zero-order valence-electron chi connectivity index (χ0n) is 11.0. The number of carbonyl (C=O) groups is 1. The van der Waals surface area contributed by atoms with E-state index in [0.29, 0.717) is 4.47 Å². The van der Waals surface area contributed by atoms with E-state index in [1.807, 2.05) is 0 Å². The van der Waals surface area contributed by atoms with E-state index in [-0.39, 0.29) is 12.0 Å². The van der Waals surface area contributed by atoms with Gasteiger partial charge in [0, 0.05) is 16.1 Å². The molecule has 106 valence electrons. The number of halogens is 3. The number of esters is 1. The molecule has 0 saturated heterocycles. The van der Waals surface area contributed by atoms with Crippen molar-refractivity contribution in [3.05, 3.63) is 33.8 Å². The Hall–Kier alpha value is -1.01. The van der Waals surface area contributed by atoms with Crippen molar-refractivity contribution in [2.24, 2.45) is 5.73 Å². The average molecular weight is 336 g/mol. The molecule has 19 heavy (non-hydrogen) atoms. The van der Waals surface area contributed by atoms with Crippen molar-refractivity contribution in [1.82, 2.24) is 0 Å². The van der Waals surface area contributed by atoms with Gasteiger partial charge in [0.15, 0.2) is 11.6 Å². The van der Waals surface area contributed by atoms with E-state index >= 15 is 0 Å². The molecular weight excluding hydrogens is 320 g/mol. The highest BCUT2D eigenvalue weighted by Crippen LogP contribution is 2.29. The molecule has 2 N–H and O–H groups in total. The lowest BCUT2D eigenvalue weighted by Crippen LogP contribution is -2.27. The van der Waals surface area contributed by atoms with Gasteiger partial charge in [-0.1, -0.05) is 15.9 Å². The Labute approximate surface area is 119 Å². The fourth-order valence-corrected chi connectivity index (χ4v) is 2.15. The fraction of sp³-hybridized carbons (Fsp3) is 0.462. The molecule has 3 nitrogen and oxygen atoms in total. The van der Waals surface area contributed by atoms with Crippen molar-refractivity contribution in [3.63, 3.8) is 0 Å². The van der Waals surface area contributed by atoms with Crippen LogP contribution in [0.1, 0.15) is 38.8 Å². The van der Waals surface area contributed by atoms with Crippen LogP contribution in [-0.4, -0.2) is 11.6 Å². The summed E-state index contributed by atoms with van der Waals surface area (Å²) in [7, 11) is 0. The number of rotatable bonds is 3. The molecule has 1 aromatic carbocycles. The average Bonchev–Trinajstić information content (AvgIpc) is 2.21. The minimum Gasteiger partial charge on any atom is -0.460 e. The van der Waals surface area contributed by atoms with Crippen molar-refractivity contribution in [1.29, 1.82) is 0 Å². The Balaban J connectivity index is 2.87. The van der Waals surface area contributed by atoms with Crippen LogP contribution in [0, 0.1) is 11.6 Å². The Bertz CT molecular complexity index is 486. The van der Waals surface area contributed by atoms with Crippen LogP contribution in [0.25, 0.3) is 0 Å². The van der Waals surface area contributed by atoms with Gasteiger partial charge in [-0.15, -0.1) is 0 Å². The smallest absolute Gasteiger partial charge is 0.308 e. The highest BCUT2D eigenvalue weighted by Gasteiger charge is 2.24. The molecule has 0 aliphatic rings.